The summed E-state index contributed by atoms with van der Waals surface area (Å²) in [6.45, 7) is 4.10. The van der Waals surface area contributed by atoms with Gasteiger partial charge in [0, 0.05) is 21.1 Å². The minimum atomic E-state index is -0.427. The molecular weight excluding hydrogens is 437 g/mol. The van der Waals surface area contributed by atoms with Crippen LogP contribution in [-0.2, 0) is 11.2 Å². The molecule has 134 valence electrons. The summed E-state index contributed by atoms with van der Waals surface area (Å²) in [5, 5.41) is 15.1. The van der Waals surface area contributed by atoms with Gasteiger partial charge in [-0.15, -0.1) is 0 Å². The Hall–Kier alpha value is -2.33. The van der Waals surface area contributed by atoms with Crippen LogP contribution in [0.2, 0.25) is 0 Å². The average Bonchev–Trinajstić information content (AvgIpc) is 2.64. The Morgan fingerprint density at radius 3 is 2.58 bits per heavy atom. The van der Waals surface area contributed by atoms with Crippen molar-refractivity contribution in [2.24, 2.45) is 0 Å². The van der Waals surface area contributed by atoms with Crippen LogP contribution in [0.3, 0.4) is 0 Å². The van der Waals surface area contributed by atoms with Crippen LogP contribution in [0.15, 0.2) is 54.2 Å². The molecule has 0 saturated carbocycles. The largest absolute Gasteiger partial charge is 0.360 e. The van der Waals surface area contributed by atoms with Crippen LogP contribution >= 0.6 is 22.6 Å². The van der Waals surface area contributed by atoms with E-state index >= 15 is 0 Å². The van der Waals surface area contributed by atoms with Gasteiger partial charge in [0.25, 0.3) is 5.91 Å². The molecule has 0 atom stereocenters. The predicted molar refractivity (Wildman–Crippen MR) is 115 cm³/mol. The van der Waals surface area contributed by atoms with Gasteiger partial charge < -0.3 is 10.6 Å². The van der Waals surface area contributed by atoms with Crippen molar-refractivity contribution in [2.45, 2.75) is 33.1 Å². The number of rotatable bonds is 7. The second kappa shape index (κ2) is 9.97. The first-order valence-electron chi connectivity index (χ1n) is 8.56. The fourth-order valence-corrected chi connectivity index (χ4v) is 3.06. The van der Waals surface area contributed by atoms with Gasteiger partial charge >= 0.3 is 0 Å². The van der Waals surface area contributed by atoms with Crippen molar-refractivity contribution in [1.29, 1.82) is 5.26 Å². The van der Waals surface area contributed by atoms with Gasteiger partial charge in [0.2, 0.25) is 0 Å². The van der Waals surface area contributed by atoms with E-state index in [0.717, 1.165) is 21.2 Å². The lowest BCUT2D eigenvalue weighted by Crippen LogP contribution is -2.15. The van der Waals surface area contributed by atoms with Gasteiger partial charge in [-0.1, -0.05) is 25.5 Å². The van der Waals surface area contributed by atoms with E-state index < -0.39 is 5.91 Å². The van der Waals surface area contributed by atoms with Gasteiger partial charge in [0.1, 0.15) is 11.6 Å². The molecule has 0 fully saturated rings. The van der Waals surface area contributed by atoms with Crippen molar-refractivity contribution in [3.63, 3.8) is 0 Å². The molecule has 2 N–H and O–H groups in total. The zero-order chi connectivity index (χ0) is 18.9. The van der Waals surface area contributed by atoms with Gasteiger partial charge in [-0.3, -0.25) is 4.79 Å². The summed E-state index contributed by atoms with van der Waals surface area (Å²) < 4.78 is 1.10. The Bertz CT molecular complexity index is 835. The number of nitriles is 1. The van der Waals surface area contributed by atoms with Crippen LogP contribution in [0.1, 0.15) is 30.9 Å². The first-order valence-corrected chi connectivity index (χ1v) is 9.64. The van der Waals surface area contributed by atoms with Crippen molar-refractivity contribution in [2.75, 3.05) is 10.6 Å². The van der Waals surface area contributed by atoms with E-state index in [2.05, 4.69) is 52.3 Å². The second-order valence-corrected chi connectivity index (χ2v) is 7.27. The van der Waals surface area contributed by atoms with E-state index in [1.165, 1.54) is 24.6 Å². The Kier molecular flexibility index (Phi) is 7.67. The molecule has 0 aliphatic carbocycles. The first-order chi connectivity index (χ1) is 12.5. The van der Waals surface area contributed by atoms with Crippen molar-refractivity contribution in [3.8, 4) is 6.07 Å². The lowest BCUT2D eigenvalue weighted by Gasteiger charge is -2.09. The fraction of sp³-hybridized carbons (Fsp3) is 0.238. The quantitative estimate of drug-likeness (QED) is 0.331. The summed E-state index contributed by atoms with van der Waals surface area (Å²) in [6, 6.07) is 15.7. The SMILES string of the molecule is CCCCc1ccc(N/C=C(/C#N)C(=O)Nc2ccc(I)cc2C)cc1. The van der Waals surface area contributed by atoms with Crippen LogP contribution < -0.4 is 10.6 Å². The van der Waals surface area contributed by atoms with E-state index in [9.17, 15) is 10.1 Å². The number of halogens is 1. The third kappa shape index (κ3) is 5.88. The molecule has 2 aromatic carbocycles. The van der Waals surface area contributed by atoms with Gasteiger partial charge in [0.05, 0.1) is 0 Å². The summed E-state index contributed by atoms with van der Waals surface area (Å²) >= 11 is 2.22. The minimum Gasteiger partial charge on any atom is -0.360 e. The van der Waals surface area contributed by atoms with Crippen LogP contribution in [-0.4, -0.2) is 5.91 Å². The molecule has 0 aliphatic rings. The molecule has 0 bridgehead atoms. The van der Waals surface area contributed by atoms with Crippen LogP contribution in [0.5, 0.6) is 0 Å². The molecule has 0 radical (unpaired) electrons. The van der Waals surface area contributed by atoms with E-state index in [1.54, 1.807) is 0 Å². The van der Waals surface area contributed by atoms with E-state index in [4.69, 9.17) is 0 Å². The normalized spacial score (nSPS) is 10.9. The van der Waals surface area contributed by atoms with Gasteiger partial charge in [0.15, 0.2) is 0 Å². The lowest BCUT2D eigenvalue weighted by molar-refractivity contribution is -0.112. The number of amides is 1. The highest BCUT2D eigenvalue weighted by molar-refractivity contribution is 14.1. The van der Waals surface area contributed by atoms with Crippen LogP contribution in [0, 0.1) is 21.8 Å². The summed E-state index contributed by atoms with van der Waals surface area (Å²) in [5.74, 6) is -0.427. The maximum Gasteiger partial charge on any atom is 0.267 e. The number of carbonyl (C=O) groups is 1. The maximum absolute atomic E-state index is 12.3. The van der Waals surface area contributed by atoms with Crippen molar-refractivity contribution in [3.05, 3.63) is 68.9 Å². The zero-order valence-electron chi connectivity index (χ0n) is 15.0. The molecule has 26 heavy (non-hydrogen) atoms. The zero-order valence-corrected chi connectivity index (χ0v) is 17.1. The Labute approximate surface area is 168 Å². The van der Waals surface area contributed by atoms with Gasteiger partial charge in [-0.25, -0.2) is 0 Å². The highest BCUT2D eigenvalue weighted by atomic mass is 127. The molecule has 2 rings (SSSR count). The summed E-state index contributed by atoms with van der Waals surface area (Å²) in [5.41, 5.74) is 3.82. The number of unbranched alkanes of at least 4 members (excludes halogenated alkanes) is 1. The molecule has 0 saturated heterocycles. The number of aryl methyl sites for hydroxylation is 2. The predicted octanol–water partition coefficient (Wildman–Crippen LogP) is 5.40. The Balaban J connectivity index is 2.02. The average molecular weight is 459 g/mol. The van der Waals surface area contributed by atoms with E-state index in [1.807, 2.05) is 43.3 Å². The lowest BCUT2D eigenvalue weighted by atomic mass is 10.1. The number of benzene rings is 2. The standard InChI is InChI=1S/C21H22IN3O/c1-3-4-5-16-6-9-19(10-7-16)24-14-17(13-23)21(26)25-20-11-8-18(22)12-15(20)2/h6-12,14,24H,3-5H2,1-2H3,(H,25,26)/b17-14-. The number of anilines is 2. The second-order valence-electron chi connectivity index (χ2n) is 6.03. The molecule has 2 aromatic rings. The summed E-state index contributed by atoms with van der Waals surface area (Å²) in [4.78, 5) is 12.3. The molecule has 0 heterocycles. The van der Waals surface area contributed by atoms with Gasteiger partial charge in [-0.2, -0.15) is 5.26 Å². The highest BCUT2D eigenvalue weighted by Gasteiger charge is 2.10. The molecule has 5 heteroatoms. The van der Waals surface area contributed by atoms with Crippen molar-refractivity contribution >= 4 is 39.9 Å². The van der Waals surface area contributed by atoms with Gasteiger partial charge in [-0.05, 0) is 83.8 Å². The number of hydrogen-bond acceptors (Lipinski definition) is 3. The van der Waals surface area contributed by atoms with E-state index in [0.29, 0.717) is 5.69 Å². The van der Waals surface area contributed by atoms with Crippen LogP contribution in [0.25, 0.3) is 0 Å². The minimum absolute atomic E-state index is 0.0259. The Morgan fingerprint density at radius 1 is 1.23 bits per heavy atom. The summed E-state index contributed by atoms with van der Waals surface area (Å²) in [7, 11) is 0. The monoisotopic (exact) mass is 459 g/mol. The number of nitrogens with one attached hydrogen (secondary N) is 2. The summed E-state index contributed by atoms with van der Waals surface area (Å²) in [6.07, 6.45) is 4.85. The topological polar surface area (TPSA) is 64.9 Å². The Morgan fingerprint density at radius 2 is 1.96 bits per heavy atom. The third-order valence-electron chi connectivity index (χ3n) is 3.96. The molecule has 0 aromatic heterocycles. The number of hydrogen-bond donors (Lipinski definition) is 2. The van der Waals surface area contributed by atoms with Crippen molar-refractivity contribution in [1.82, 2.24) is 0 Å². The number of nitrogens with zero attached hydrogens (tertiary/aromatic N) is 1. The molecular formula is C21H22IN3O. The fourth-order valence-electron chi connectivity index (χ4n) is 2.41. The molecule has 0 unspecified atom stereocenters. The molecule has 4 nitrogen and oxygen atoms in total. The first kappa shape index (κ1) is 20.0. The van der Waals surface area contributed by atoms with Crippen LogP contribution in [0.4, 0.5) is 11.4 Å². The smallest absolute Gasteiger partial charge is 0.267 e. The third-order valence-corrected chi connectivity index (χ3v) is 4.63. The number of carbonyl (C=O) groups excluding carboxylic acids is 1. The molecule has 0 spiro atoms. The van der Waals surface area contributed by atoms with E-state index in [-0.39, 0.29) is 5.57 Å². The van der Waals surface area contributed by atoms with Crippen molar-refractivity contribution < 1.29 is 4.79 Å². The highest BCUT2D eigenvalue weighted by Crippen LogP contribution is 2.18. The molecule has 0 aliphatic heterocycles. The maximum atomic E-state index is 12.3. The molecule has 1 amide bonds.